The monoisotopic (exact) mass is 280 g/mol. The Labute approximate surface area is 129 Å². The Kier molecular flexibility index (Phi) is 1.89. The normalized spacial score (nSPS) is 15.8. The molecular formula is C22H16. The molecule has 0 nitrogen and oxygen atoms in total. The first-order valence-electron chi connectivity index (χ1n) is 8.32. The number of hydrogen-bond acceptors (Lipinski definition) is 0. The summed E-state index contributed by atoms with van der Waals surface area (Å²) in [6.07, 6.45) is 7.20. The third-order valence-corrected chi connectivity index (χ3v) is 5.70. The van der Waals surface area contributed by atoms with Crippen molar-refractivity contribution in [3.8, 4) is 0 Å². The molecule has 0 atom stereocenters. The van der Waals surface area contributed by atoms with E-state index in [1.807, 2.05) is 0 Å². The van der Waals surface area contributed by atoms with Gasteiger partial charge in [-0.1, -0.05) is 42.5 Å². The molecule has 0 fully saturated rings. The Bertz CT molecular complexity index is 1160. The Morgan fingerprint density at radius 2 is 1.45 bits per heavy atom. The van der Waals surface area contributed by atoms with Gasteiger partial charge in [-0.25, -0.2) is 0 Å². The highest BCUT2D eigenvalue weighted by molar-refractivity contribution is 6.24. The summed E-state index contributed by atoms with van der Waals surface area (Å²) in [5.41, 5.74) is 4.64. The molecule has 22 heavy (non-hydrogen) atoms. The van der Waals surface area contributed by atoms with Crippen LogP contribution in [0.5, 0.6) is 0 Å². The molecule has 2 aliphatic rings. The Balaban J connectivity index is 2.07. The van der Waals surface area contributed by atoms with Gasteiger partial charge in [0.1, 0.15) is 0 Å². The minimum atomic E-state index is 1.18. The molecule has 6 rings (SSSR count). The molecule has 4 aromatic carbocycles. The number of benzene rings is 4. The molecule has 0 saturated carbocycles. The van der Waals surface area contributed by atoms with Crippen molar-refractivity contribution >= 4 is 38.4 Å². The van der Waals surface area contributed by atoms with Gasteiger partial charge in [0.2, 0.25) is 0 Å². The zero-order valence-corrected chi connectivity index (χ0v) is 12.4. The van der Waals surface area contributed by atoms with Crippen LogP contribution in [0.2, 0.25) is 0 Å². The third-order valence-electron chi connectivity index (χ3n) is 5.70. The van der Waals surface area contributed by atoms with E-state index in [0.29, 0.717) is 0 Å². The van der Waals surface area contributed by atoms with E-state index in [4.69, 9.17) is 0 Å². The van der Waals surface area contributed by atoms with Crippen molar-refractivity contribution in [1.82, 2.24) is 0 Å². The van der Waals surface area contributed by atoms with Crippen LogP contribution in [0.3, 0.4) is 0 Å². The van der Waals surface area contributed by atoms with Gasteiger partial charge >= 0.3 is 0 Å². The topological polar surface area (TPSA) is 0 Å². The van der Waals surface area contributed by atoms with Crippen molar-refractivity contribution in [2.45, 2.75) is 25.7 Å². The molecule has 0 heterocycles. The Morgan fingerprint density at radius 3 is 2.45 bits per heavy atom. The Morgan fingerprint density at radius 1 is 0.591 bits per heavy atom. The van der Waals surface area contributed by atoms with E-state index in [1.165, 1.54) is 63.4 Å². The quantitative estimate of drug-likeness (QED) is 0.324. The van der Waals surface area contributed by atoms with Crippen LogP contribution in [0, 0.1) is 0 Å². The second kappa shape index (κ2) is 3.70. The third kappa shape index (κ3) is 1.21. The van der Waals surface area contributed by atoms with E-state index < -0.39 is 0 Å². The first-order valence-corrected chi connectivity index (χ1v) is 8.32. The lowest BCUT2D eigenvalue weighted by atomic mass is 9.80. The molecule has 0 unspecified atom stereocenters. The molecule has 0 bridgehead atoms. The highest BCUT2D eigenvalue weighted by Crippen LogP contribution is 2.40. The van der Waals surface area contributed by atoms with Crippen LogP contribution in [0.4, 0.5) is 0 Å². The van der Waals surface area contributed by atoms with Crippen molar-refractivity contribution in [3.63, 3.8) is 0 Å². The second-order valence-corrected chi connectivity index (χ2v) is 6.83. The fourth-order valence-corrected chi connectivity index (χ4v) is 4.80. The molecule has 0 amide bonds. The largest absolute Gasteiger partial charge is 0.0763 e. The van der Waals surface area contributed by atoms with Crippen LogP contribution in [0.1, 0.15) is 23.1 Å². The summed E-state index contributed by atoms with van der Waals surface area (Å²) in [4.78, 5) is 0. The first kappa shape index (κ1) is 11.3. The molecule has 2 aliphatic carbocycles. The second-order valence-electron chi connectivity index (χ2n) is 6.83. The van der Waals surface area contributed by atoms with E-state index in [9.17, 15) is 0 Å². The number of hydrogen-bond donors (Lipinski definition) is 0. The predicted molar refractivity (Wildman–Crippen MR) is 94.4 cm³/mol. The molecule has 0 radical (unpaired) electrons. The van der Waals surface area contributed by atoms with Gasteiger partial charge in [0, 0.05) is 0 Å². The molecule has 0 heteroatoms. The van der Waals surface area contributed by atoms with Gasteiger partial charge < -0.3 is 0 Å². The maximum atomic E-state index is 2.48. The van der Waals surface area contributed by atoms with E-state index in [1.54, 1.807) is 16.5 Å². The highest BCUT2D eigenvalue weighted by atomic mass is 14.2. The summed E-state index contributed by atoms with van der Waals surface area (Å²) >= 11 is 0. The minimum absolute atomic E-state index is 1.18. The van der Waals surface area contributed by atoms with Gasteiger partial charge in [0.05, 0.1) is 0 Å². The SMILES string of the molecule is C1=c2cc3c4c5c(cccc5cc5ccc(c2c54)CC1)CC3. The number of rotatable bonds is 0. The number of aryl methyl sites for hydroxylation is 3. The molecule has 0 aromatic heterocycles. The predicted octanol–water partition coefficient (Wildman–Crippen LogP) is 4.69. The fourth-order valence-electron chi connectivity index (χ4n) is 4.80. The summed E-state index contributed by atoms with van der Waals surface area (Å²) in [5, 5.41) is 10.4. The molecule has 4 aromatic rings. The lowest BCUT2D eigenvalue weighted by molar-refractivity contribution is 0.965. The maximum absolute atomic E-state index is 2.48. The average molecular weight is 280 g/mol. The van der Waals surface area contributed by atoms with Crippen molar-refractivity contribution in [2.75, 3.05) is 0 Å². The van der Waals surface area contributed by atoms with Gasteiger partial charge in [0.25, 0.3) is 0 Å². The molecule has 0 N–H and O–H groups in total. The van der Waals surface area contributed by atoms with Crippen LogP contribution in [-0.2, 0) is 19.3 Å². The van der Waals surface area contributed by atoms with Crippen molar-refractivity contribution < 1.29 is 0 Å². The van der Waals surface area contributed by atoms with Gasteiger partial charge in [0.15, 0.2) is 0 Å². The van der Waals surface area contributed by atoms with Crippen molar-refractivity contribution in [1.29, 1.82) is 0 Å². The summed E-state index contributed by atoms with van der Waals surface area (Å²) in [6, 6.07) is 16.4. The summed E-state index contributed by atoms with van der Waals surface area (Å²) in [7, 11) is 0. The fraction of sp³-hybridized carbons (Fsp3) is 0.182. The average Bonchev–Trinajstić information content (AvgIpc) is 2.57. The van der Waals surface area contributed by atoms with Gasteiger partial charge in [-0.2, -0.15) is 0 Å². The molecule has 0 aliphatic heterocycles. The maximum Gasteiger partial charge on any atom is -0.00208 e. The van der Waals surface area contributed by atoms with Gasteiger partial charge in [-0.3, -0.25) is 0 Å². The molecule has 0 spiro atoms. The van der Waals surface area contributed by atoms with Crippen LogP contribution >= 0.6 is 0 Å². The smallest absolute Gasteiger partial charge is 0.00208 e. The lowest BCUT2D eigenvalue weighted by Crippen LogP contribution is -2.14. The lowest BCUT2D eigenvalue weighted by Gasteiger charge is -2.23. The summed E-state index contributed by atoms with van der Waals surface area (Å²) in [5.74, 6) is 0. The van der Waals surface area contributed by atoms with E-state index >= 15 is 0 Å². The minimum Gasteiger partial charge on any atom is -0.0763 e. The Hall–Kier alpha value is -2.34. The van der Waals surface area contributed by atoms with E-state index in [2.05, 4.69) is 48.5 Å². The molecule has 104 valence electrons. The van der Waals surface area contributed by atoms with Crippen molar-refractivity contribution in [2.24, 2.45) is 0 Å². The van der Waals surface area contributed by atoms with Crippen LogP contribution in [-0.4, -0.2) is 0 Å². The standard InChI is InChI=1S/C22H16/c1-3-13-7-9-18-12-16-6-2-4-14-8-10-17-11-15(5-1)19(13)21(18)22(17)20(14)16/h1,3,5-6,8,10-12H,2,4,7,9H2. The highest BCUT2D eigenvalue weighted by Gasteiger charge is 2.20. The van der Waals surface area contributed by atoms with Crippen LogP contribution in [0.25, 0.3) is 38.4 Å². The zero-order valence-electron chi connectivity index (χ0n) is 12.4. The van der Waals surface area contributed by atoms with Crippen LogP contribution < -0.4 is 5.22 Å². The van der Waals surface area contributed by atoms with Gasteiger partial charge in [-0.15, -0.1) is 0 Å². The van der Waals surface area contributed by atoms with E-state index in [-0.39, 0.29) is 0 Å². The molecule has 0 saturated heterocycles. The summed E-state index contributed by atoms with van der Waals surface area (Å²) in [6.45, 7) is 0. The van der Waals surface area contributed by atoms with Crippen LogP contribution in [0.15, 0.2) is 42.5 Å². The molecular weight excluding hydrogens is 264 g/mol. The zero-order chi connectivity index (χ0) is 14.3. The van der Waals surface area contributed by atoms with E-state index in [0.717, 1.165) is 0 Å². The summed E-state index contributed by atoms with van der Waals surface area (Å²) < 4.78 is 0. The van der Waals surface area contributed by atoms with Gasteiger partial charge in [-0.05, 0) is 86.0 Å². The van der Waals surface area contributed by atoms with Crippen molar-refractivity contribution in [3.05, 3.63) is 64.4 Å². The first-order chi connectivity index (χ1) is 10.9.